The number of aromatic hydroxyl groups is 1. The molecule has 5 rings (SSSR count). The molecule has 0 bridgehead atoms. The van der Waals surface area contributed by atoms with Gasteiger partial charge in [-0.1, -0.05) is 62.0 Å². The maximum Gasteiger partial charge on any atom is 0.227 e. The van der Waals surface area contributed by atoms with Crippen molar-refractivity contribution in [2.75, 3.05) is 12.4 Å². The number of nitrogens with one attached hydrogen (secondary N) is 1. The van der Waals surface area contributed by atoms with Gasteiger partial charge in [0.2, 0.25) is 11.1 Å². The molecule has 0 radical (unpaired) electrons. The molecule has 2 heterocycles. The Labute approximate surface area is 196 Å². The summed E-state index contributed by atoms with van der Waals surface area (Å²) >= 11 is 1.56. The number of hydrogen-bond acceptors (Lipinski definition) is 7. The molecule has 2 aromatic carbocycles. The number of aromatic nitrogens is 3. The minimum Gasteiger partial charge on any atom is -0.504 e. The van der Waals surface area contributed by atoms with Crippen molar-refractivity contribution in [1.82, 2.24) is 14.8 Å². The van der Waals surface area contributed by atoms with Crippen LogP contribution in [0.4, 0.5) is 5.95 Å². The summed E-state index contributed by atoms with van der Waals surface area (Å²) in [6.45, 7) is 4.21. The Morgan fingerprint density at radius 3 is 2.76 bits per heavy atom. The van der Waals surface area contributed by atoms with E-state index in [9.17, 15) is 9.90 Å². The van der Waals surface area contributed by atoms with Gasteiger partial charge in [0.1, 0.15) is 6.04 Å². The molecule has 7 nitrogen and oxygen atoms in total. The number of hydrogen-bond donors (Lipinski definition) is 2. The zero-order valence-electron chi connectivity index (χ0n) is 18.8. The highest BCUT2D eigenvalue weighted by Crippen LogP contribution is 2.46. The number of carbonyl (C=O) groups excluding carboxylic acids is 1. The highest BCUT2D eigenvalue weighted by Gasteiger charge is 2.42. The van der Waals surface area contributed by atoms with Crippen molar-refractivity contribution >= 4 is 23.5 Å². The molecule has 1 unspecified atom stereocenters. The van der Waals surface area contributed by atoms with Crippen LogP contribution in [0.5, 0.6) is 11.5 Å². The number of benzene rings is 2. The molecule has 1 aromatic heterocycles. The number of fused-ring (bicyclic) bond motifs is 1. The quantitative estimate of drug-likeness (QED) is 0.519. The molecule has 1 atom stereocenters. The van der Waals surface area contributed by atoms with Gasteiger partial charge in [-0.15, -0.1) is 5.10 Å². The van der Waals surface area contributed by atoms with Crippen molar-refractivity contribution in [3.05, 3.63) is 70.9 Å². The Kier molecular flexibility index (Phi) is 5.40. The number of methoxy groups -OCH3 is 1. The fourth-order valence-corrected chi connectivity index (χ4v) is 5.33. The minimum absolute atomic E-state index is 0.0541. The first kappa shape index (κ1) is 21.6. The van der Waals surface area contributed by atoms with Crippen LogP contribution in [0.2, 0.25) is 0 Å². The number of ketones is 1. The van der Waals surface area contributed by atoms with Crippen molar-refractivity contribution in [1.29, 1.82) is 0 Å². The predicted octanol–water partition coefficient (Wildman–Crippen LogP) is 4.94. The van der Waals surface area contributed by atoms with Gasteiger partial charge >= 0.3 is 0 Å². The highest BCUT2D eigenvalue weighted by atomic mass is 32.2. The first-order valence-electron chi connectivity index (χ1n) is 10.9. The summed E-state index contributed by atoms with van der Waals surface area (Å²) in [5.41, 5.74) is 3.48. The van der Waals surface area contributed by atoms with Crippen LogP contribution in [0.25, 0.3) is 0 Å². The molecule has 0 spiro atoms. The van der Waals surface area contributed by atoms with E-state index in [0.29, 0.717) is 28.8 Å². The lowest BCUT2D eigenvalue weighted by Gasteiger charge is -2.38. The van der Waals surface area contributed by atoms with Gasteiger partial charge in [0.15, 0.2) is 17.3 Å². The van der Waals surface area contributed by atoms with Crippen LogP contribution >= 0.6 is 11.8 Å². The first-order valence-corrected chi connectivity index (χ1v) is 11.9. The Morgan fingerprint density at radius 1 is 1.21 bits per heavy atom. The Balaban J connectivity index is 1.56. The lowest BCUT2D eigenvalue weighted by Crippen LogP contribution is -2.36. The fraction of sp³-hybridized carbons (Fsp3) is 0.320. The molecule has 0 saturated heterocycles. The van der Waals surface area contributed by atoms with E-state index in [-0.39, 0.29) is 16.9 Å². The summed E-state index contributed by atoms with van der Waals surface area (Å²) in [6, 6.07) is 14.9. The third-order valence-electron chi connectivity index (χ3n) is 6.04. The molecule has 0 fully saturated rings. The van der Waals surface area contributed by atoms with E-state index < -0.39 is 6.04 Å². The molecule has 2 N–H and O–H groups in total. The number of rotatable bonds is 5. The summed E-state index contributed by atoms with van der Waals surface area (Å²) in [5.74, 6) is 1.88. The molecule has 170 valence electrons. The number of phenolic OH excluding ortho intramolecular Hbond substituents is 1. The second-order valence-electron chi connectivity index (χ2n) is 9.23. The summed E-state index contributed by atoms with van der Waals surface area (Å²) in [7, 11) is 1.51. The molecular weight excluding hydrogens is 436 g/mol. The van der Waals surface area contributed by atoms with Crippen molar-refractivity contribution < 1.29 is 14.6 Å². The second-order valence-corrected chi connectivity index (χ2v) is 10.2. The molecule has 2 aliphatic rings. The van der Waals surface area contributed by atoms with E-state index in [0.717, 1.165) is 23.4 Å². The molecule has 1 aliphatic heterocycles. The van der Waals surface area contributed by atoms with Crippen LogP contribution in [0.3, 0.4) is 0 Å². The topological polar surface area (TPSA) is 89.3 Å². The molecule has 0 saturated carbocycles. The monoisotopic (exact) mass is 462 g/mol. The van der Waals surface area contributed by atoms with Gasteiger partial charge in [0, 0.05) is 23.4 Å². The van der Waals surface area contributed by atoms with Crippen LogP contribution in [-0.2, 0) is 10.5 Å². The lowest BCUT2D eigenvalue weighted by molar-refractivity contribution is -0.118. The van der Waals surface area contributed by atoms with Crippen LogP contribution in [0, 0.1) is 5.41 Å². The molecule has 1 aliphatic carbocycles. The third kappa shape index (κ3) is 4.11. The smallest absolute Gasteiger partial charge is 0.227 e. The van der Waals surface area contributed by atoms with Gasteiger partial charge in [0.25, 0.3) is 0 Å². The standard InChI is InChI=1S/C25H26N4O3S/c1-25(2)12-17-21(19(31)13-25)22(16-9-10-18(30)20(11-16)32-3)29-23(26-17)27-24(28-29)33-14-15-7-5-4-6-8-15/h4-11,22,30H,12-14H2,1-3H3,(H,26,27,28). The maximum atomic E-state index is 13.3. The van der Waals surface area contributed by atoms with Crippen LogP contribution in [0.15, 0.2) is 65.0 Å². The Morgan fingerprint density at radius 2 is 2.00 bits per heavy atom. The number of nitrogens with zero attached hydrogens (tertiary/aromatic N) is 3. The fourth-order valence-electron chi connectivity index (χ4n) is 4.55. The zero-order valence-corrected chi connectivity index (χ0v) is 19.6. The van der Waals surface area contributed by atoms with Crippen molar-refractivity contribution in [2.24, 2.45) is 5.41 Å². The normalized spacial score (nSPS) is 19.0. The Bertz CT molecular complexity index is 1250. The van der Waals surface area contributed by atoms with E-state index >= 15 is 0 Å². The summed E-state index contributed by atoms with van der Waals surface area (Å²) in [5, 5.41) is 18.9. The summed E-state index contributed by atoms with van der Waals surface area (Å²) in [6.07, 6.45) is 1.22. The van der Waals surface area contributed by atoms with Crippen molar-refractivity contribution in [2.45, 2.75) is 43.6 Å². The number of allylic oxidation sites excluding steroid dienone is 2. The number of carbonyl (C=O) groups is 1. The summed E-state index contributed by atoms with van der Waals surface area (Å²) < 4.78 is 7.12. The largest absolute Gasteiger partial charge is 0.504 e. The number of phenols is 1. The second kappa shape index (κ2) is 8.26. The SMILES string of the molecule is COc1cc(C2C3=C(CC(C)(C)CC3=O)Nc3nc(SCc4ccccc4)nn32)ccc1O. The average Bonchev–Trinajstić information content (AvgIpc) is 3.19. The average molecular weight is 463 g/mol. The number of Topliss-reactive ketones (excluding diaryl/α,β-unsaturated/α-hetero) is 1. The minimum atomic E-state index is -0.437. The summed E-state index contributed by atoms with van der Waals surface area (Å²) in [4.78, 5) is 18.1. The molecule has 33 heavy (non-hydrogen) atoms. The number of anilines is 1. The highest BCUT2D eigenvalue weighted by molar-refractivity contribution is 7.98. The third-order valence-corrected chi connectivity index (χ3v) is 6.95. The molecule has 0 amide bonds. The van der Waals surface area contributed by atoms with Gasteiger partial charge in [-0.2, -0.15) is 4.98 Å². The maximum absolute atomic E-state index is 13.3. The molecule has 3 aromatic rings. The van der Waals surface area contributed by atoms with Gasteiger partial charge in [-0.3, -0.25) is 4.79 Å². The van der Waals surface area contributed by atoms with E-state index in [1.54, 1.807) is 28.6 Å². The van der Waals surface area contributed by atoms with E-state index in [4.69, 9.17) is 14.8 Å². The number of ether oxygens (including phenoxy) is 1. The Hall–Kier alpha value is -3.26. The van der Waals surface area contributed by atoms with Crippen molar-refractivity contribution in [3.8, 4) is 11.5 Å². The van der Waals surface area contributed by atoms with Crippen LogP contribution in [-0.4, -0.2) is 32.8 Å². The van der Waals surface area contributed by atoms with E-state index in [1.165, 1.54) is 12.7 Å². The van der Waals surface area contributed by atoms with Gasteiger partial charge in [-0.05, 0) is 35.1 Å². The zero-order chi connectivity index (χ0) is 23.2. The van der Waals surface area contributed by atoms with Crippen LogP contribution in [0.1, 0.15) is 43.9 Å². The molecule has 8 heteroatoms. The van der Waals surface area contributed by atoms with Gasteiger partial charge < -0.3 is 15.2 Å². The van der Waals surface area contributed by atoms with Crippen molar-refractivity contribution in [3.63, 3.8) is 0 Å². The van der Waals surface area contributed by atoms with E-state index in [2.05, 4.69) is 31.3 Å². The van der Waals surface area contributed by atoms with E-state index in [1.807, 2.05) is 24.3 Å². The molecular formula is C25H26N4O3S. The van der Waals surface area contributed by atoms with Gasteiger partial charge in [0.05, 0.1) is 7.11 Å². The predicted molar refractivity (Wildman–Crippen MR) is 127 cm³/mol. The first-order chi connectivity index (χ1) is 15.8. The number of thioether (sulfide) groups is 1. The lowest BCUT2D eigenvalue weighted by atomic mass is 9.73. The van der Waals surface area contributed by atoms with Crippen LogP contribution < -0.4 is 10.1 Å². The van der Waals surface area contributed by atoms with Gasteiger partial charge in [-0.25, -0.2) is 4.68 Å².